The van der Waals surface area contributed by atoms with Crippen molar-refractivity contribution >= 4 is 16.1 Å². The van der Waals surface area contributed by atoms with Gasteiger partial charge in [-0.3, -0.25) is 0 Å². The van der Waals surface area contributed by atoms with E-state index in [4.69, 9.17) is 9.47 Å². The Morgan fingerprint density at radius 2 is 1.96 bits per heavy atom. The van der Waals surface area contributed by atoms with Crippen LogP contribution in [0, 0.1) is 17.1 Å². The lowest BCUT2D eigenvalue weighted by atomic mass is 10.2. The second-order valence-electron chi connectivity index (χ2n) is 6.34. The maximum absolute atomic E-state index is 13.0. The lowest BCUT2D eigenvalue weighted by molar-refractivity contribution is 0.284. The number of benzene rings is 2. The molecule has 1 aliphatic carbocycles. The van der Waals surface area contributed by atoms with Crippen molar-refractivity contribution in [3.63, 3.8) is 0 Å². The van der Waals surface area contributed by atoms with Crippen molar-refractivity contribution in [3.05, 3.63) is 64.3 Å². The first kappa shape index (κ1) is 19.9. The molecule has 1 aliphatic rings. The van der Waals surface area contributed by atoms with Gasteiger partial charge in [0.1, 0.15) is 18.5 Å². The van der Waals surface area contributed by atoms with E-state index in [1.165, 1.54) is 25.3 Å². The van der Waals surface area contributed by atoms with Crippen LogP contribution in [0.25, 0.3) is 6.08 Å². The number of hydrogen-bond acceptors (Lipinski definition) is 5. The van der Waals surface area contributed by atoms with Gasteiger partial charge in [-0.25, -0.2) is 17.5 Å². The molecular formula is C20H19FN2O4S. The van der Waals surface area contributed by atoms with Crippen LogP contribution in [0.15, 0.2) is 47.4 Å². The number of nitriles is 1. The summed E-state index contributed by atoms with van der Waals surface area (Å²) in [5.41, 5.74) is 1.28. The zero-order valence-corrected chi connectivity index (χ0v) is 16.0. The Morgan fingerprint density at radius 3 is 2.57 bits per heavy atom. The summed E-state index contributed by atoms with van der Waals surface area (Å²) in [5, 5.41) is 9.25. The van der Waals surface area contributed by atoms with E-state index in [2.05, 4.69) is 4.72 Å². The van der Waals surface area contributed by atoms with Gasteiger partial charge in [-0.2, -0.15) is 5.26 Å². The number of hydrogen-bond donors (Lipinski definition) is 1. The summed E-state index contributed by atoms with van der Waals surface area (Å²) in [6, 6.07) is 12.4. The SMILES string of the molecule is COc1cc(/C=C(/C#N)S(=O)(=O)NC2CC2)ccc1OCc1ccc(F)cc1. The van der Waals surface area contributed by atoms with E-state index in [1.807, 2.05) is 0 Å². The zero-order chi connectivity index (χ0) is 20.1. The van der Waals surface area contributed by atoms with Crippen molar-refractivity contribution in [3.8, 4) is 17.6 Å². The molecule has 0 spiro atoms. The quantitative estimate of drug-likeness (QED) is 0.684. The molecule has 0 radical (unpaired) electrons. The molecule has 0 aromatic heterocycles. The number of allylic oxidation sites excluding steroid dienone is 1. The standard InChI is InChI=1S/C20H19FN2O4S/c1-26-20-11-15(10-18(12-22)28(24,25)23-17-7-8-17)4-9-19(20)27-13-14-2-5-16(21)6-3-14/h2-6,9-11,17,23H,7-8,13H2,1H3/b18-10-. The number of rotatable bonds is 8. The minimum absolute atomic E-state index is 0.0847. The van der Waals surface area contributed by atoms with Crippen LogP contribution in [0.3, 0.4) is 0 Å². The van der Waals surface area contributed by atoms with Crippen LogP contribution in [0.5, 0.6) is 11.5 Å². The van der Waals surface area contributed by atoms with Crippen LogP contribution >= 0.6 is 0 Å². The van der Waals surface area contributed by atoms with Crippen LogP contribution in [-0.2, 0) is 16.6 Å². The number of sulfonamides is 1. The van der Waals surface area contributed by atoms with Crippen molar-refractivity contribution in [2.45, 2.75) is 25.5 Å². The highest BCUT2D eigenvalue weighted by molar-refractivity contribution is 7.93. The molecule has 6 nitrogen and oxygen atoms in total. The van der Waals surface area contributed by atoms with E-state index in [9.17, 15) is 18.1 Å². The van der Waals surface area contributed by atoms with Gasteiger partial charge in [-0.15, -0.1) is 0 Å². The predicted molar refractivity (Wildman–Crippen MR) is 102 cm³/mol. The van der Waals surface area contributed by atoms with E-state index in [0.717, 1.165) is 18.4 Å². The van der Waals surface area contributed by atoms with Gasteiger partial charge < -0.3 is 9.47 Å². The molecule has 0 saturated heterocycles. The van der Waals surface area contributed by atoms with Crippen molar-refractivity contribution in [2.24, 2.45) is 0 Å². The summed E-state index contributed by atoms with van der Waals surface area (Å²) < 4.78 is 50.9. The minimum atomic E-state index is -3.84. The van der Waals surface area contributed by atoms with E-state index < -0.39 is 10.0 Å². The molecule has 146 valence electrons. The predicted octanol–water partition coefficient (Wildman–Crippen LogP) is 3.36. The molecule has 0 bridgehead atoms. The Balaban J connectivity index is 1.78. The molecule has 2 aromatic carbocycles. The monoisotopic (exact) mass is 402 g/mol. The molecule has 8 heteroatoms. The number of ether oxygens (including phenoxy) is 2. The van der Waals surface area contributed by atoms with Crippen molar-refractivity contribution in [2.75, 3.05) is 7.11 Å². The van der Waals surface area contributed by atoms with Crippen LogP contribution in [0.2, 0.25) is 0 Å². The maximum Gasteiger partial charge on any atom is 0.250 e. The molecule has 1 saturated carbocycles. The third-order valence-corrected chi connectivity index (χ3v) is 5.52. The van der Waals surface area contributed by atoms with Crippen LogP contribution in [0.1, 0.15) is 24.0 Å². The van der Waals surface area contributed by atoms with Gasteiger partial charge >= 0.3 is 0 Å². The fourth-order valence-electron chi connectivity index (χ4n) is 2.44. The molecule has 0 aliphatic heterocycles. The van der Waals surface area contributed by atoms with Gasteiger partial charge in [0.05, 0.1) is 7.11 Å². The summed E-state index contributed by atoms with van der Waals surface area (Å²) in [6.45, 7) is 0.217. The zero-order valence-electron chi connectivity index (χ0n) is 15.2. The molecule has 1 N–H and O–H groups in total. The summed E-state index contributed by atoms with van der Waals surface area (Å²) in [7, 11) is -2.38. The Morgan fingerprint density at radius 1 is 1.25 bits per heavy atom. The largest absolute Gasteiger partial charge is 0.493 e. The van der Waals surface area contributed by atoms with Gasteiger partial charge in [-0.1, -0.05) is 18.2 Å². The first-order valence-corrected chi connectivity index (χ1v) is 10.1. The molecule has 28 heavy (non-hydrogen) atoms. The third kappa shape index (κ3) is 5.09. The number of methoxy groups -OCH3 is 1. The minimum Gasteiger partial charge on any atom is -0.493 e. The fourth-order valence-corrected chi connectivity index (χ4v) is 3.65. The van der Waals surface area contributed by atoms with E-state index in [-0.39, 0.29) is 23.4 Å². The van der Waals surface area contributed by atoms with Crippen molar-refractivity contribution in [1.29, 1.82) is 5.26 Å². The number of halogens is 1. The lowest BCUT2D eigenvalue weighted by Crippen LogP contribution is -2.26. The second kappa shape index (κ2) is 8.42. The van der Waals surface area contributed by atoms with Gasteiger partial charge in [0.2, 0.25) is 0 Å². The Labute approximate surface area is 163 Å². The first-order valence-electron chi connectivity index (χ1n) is 8.60. The molecule has 0 unspecified atom stereocenters. The van der Waals surface area contributed by atoms with E-state index >= 15 is 0 Å². The lowest BCUT2D eigenvalue weighted by Gasteiger charge is -2.12. The number of nitrogens with one attached hydrogen (secondary N) is 1. The average Bonchev–Trinajstić information content (AvgIpc) is 3.49. The summed E-state index contributed by atoms with van der Waals surface area (Å²) in [5.74, 6) is 0.513. The Kier molecular flexibility index (Phi) is 5.97. The first-order chi connectivity index (χ1) is 13.4. The normalized spacial score (nSPS) is 14.4. The van der Waals surface area contributed by atoms with Gasteiger partial charge in [-0.05, 0) is 54.3 Å². The summed E-state index contributed by atoms with van der Waals surface area (Å²) in [4.78, 5) is -0.360. The van der Waals surface area contributed by atoms with Gasteiger partial charge in [0.25, 0.3) is 10.0 Å². The highest BCUT2D eigenvalue weighted by Gasteiger charge is 2.29. The third-order valence-electron chi connectivity index (χ3n) is 4.09. The number of nitrogens with zero attached hydrogens (tertiary/aromatic N) is 1. The summed E-state index contributed by atoms with van der Waals surface area (Å²) in [6.07, 6.45) is 2.86. The van der Waals surface area contributed by atoms with E-state index in [0.29, 0.717) is 17.1 Å². The van der Waals surface area contributed by atoms with Crippen LogP contribution in [-0.4, -0.2) is 21.6 Å². The van der Waals surface area contributed by atoms with Gasteiger partial charge in [0.15, 0.2) is 16.4 Å². The molecule has 3 rings (SSSR count). The molecule has 0 heterocycles. The maximum atomic E-state index is 13.0. The van der Waals surface area contributed by atoms with Crippen molar-refractivity contribution in [1.82, 2.24) is 4.72 Å². The van der Waals surface area contributed by atoms with Crippen LogP contribution in [0.4, 0.5) is 4.39 Å². The van der Waals surface area contributed by atoms with E-state index in [1.54, 1.807) is 36.4 Å². The van der Waals surface area contributed by atoms with Crippen LogP contribution < -0.4 is 14.2 Å². The topological polar surface area (TPSA) is 88.4 Å². The fraction of sp³-hybridized carbons (Fsp3) is 0.250. The average molecular weight is 402 g/mol. The Bertz CT molecular complexity index is 1020. The summed E-state index contributed by atoms with van der Waals surface area (Å²) >= 11 is 0. The Hall–Kier alpha value is -2.89. The molecule has 2 aromatic rings. The molecular weight excluding hydrogens is 383 g/mol. The second-order valence-corrected chi connectivity index (χ2v) is 8.02. The highest BCUT2D eigenvalue weighted by atomic mass is 32.2. The smallest absolute Gasteiger partial charge is 0.250 e. The molecule has 0 atom stereocenters. The highest BCUT2D eigenvalue weighted by Crippen LogP contribution is 2.30. The van der Waals surface area contributed by atoms with Gasteiger partial charge in [0, 0.05) is 6.04 Å². The molecule has 0 amide bonds. The van der Waals surface area contributed by atoms with Crippen molar-refractivity contribution < 1.29 is 22.3 Å². The molecule has 1 fully saturated rings.